The van der Waals surface area contributed by atoms with Crippen LogP contribution >= 0.6 is 0 Å². The molecule has 1 aliphatic heterocycles. The van der Waals surface area contributed by atoms with Gasteiger partial charge in [0.05, 0.1) is 22.2 Å². The van der Waals surface area contributed by atoms with E-state index in [9.17, 15) is 0 Å². The van der Waals surface area contributed by atoms with Crippen LogP contribution in [0.1, 0.15) is 38.8 Å². The molecular weight excluding hydrogens is 613 g/mol. The van der Waals surface area contributed by atoms with Crippen LogP contribution in [-0.2, 0) is 5.41 Å². The summed E-state index contributed by atoms with van der Waals surface area (Å²) in [5.41, 5.74) is 8.94. The van der Waals surface area contributed by atoms with E-state index in [4.69, 9.17) is 14.7 Å². The van der Waals surface area contributed by atoms with E-state index in [0.717, 1.165) is 56.0 Å². The molecule has 0 saturated carbocycles. The molecule has 5 heterocycles. The van der Waals surface area contributed by atoms with E-state index in [1.165, 1.54) is 32.8 Å². The number of hydrogen-bond donors (Lipinski definition) is 0. The Bertz CT molecular complexity index is 2800. The molecule has 5 aromatic carbocycles. The number of nitrogens with zero attached hydrogens (tertiary/aromatic N) is 4. The van der Waals surface area contributed by atoms with Crippen LogP contribution in [-0.4, -0.2) is 18.9 Å². The summed E-state index contributed by atoms with van der Waals surface area (Å²) in [6.07, 6.45) is 4.07. The second-order valence-electron chi connectivity index (χ2n) is 14.3. The van der Waals surface area contributed by atoms with E-state index in [2.05, 4.69) is 158 Å². The minimum Gasteiger partial charge on any atom is -0.457 e. The summed E-state index contributed by atoms with van der Waals surface area (Å²) in [4.78, 5) is 10.2. The Labute approximate surface area is 290 Å². The Morgan fingerprint density at radius 1 is 0.600 bits per heavy atom. The number of benzene rings is 5. The molecule has 0 bridgehead atoms. The number of imidazole rings is 1. The van der Waals surface area contributed by atoms with Crippen molar-refractivity contribution in [3.63, 3.8) is 0 Å². The highest BCUT2D eigenvalue weighted by Gasteiger charge is 2.47. The lowest BCUT2D eigenvalue weighted by atomic mass is 9.59. The minimum atomic E-state index is -0.152. The van der Waals surface area contributed by atoms with E-state index >= 15 is 0 Å². The maximum absolute atomic E-state index is 6.73. The summed E-state index contributed by atoms with van der Waals surface area (Å²) < 4.78 is 11.3. The molecule has 5 nitrogen and oxygen atoms in total. The van der Waals surface area contributed by atoms with Crippen molar-refractivity contribution < 1.29 is 4.74 Å². The molecule has 0 aliphatic carbocycles. The number of aromatic nitrogens is 4. The fourth-order valence-electron chi connectivity index (χ4n) is 9.17. The van der Waals surface area contributed by atoms with Gasteiger partial charge in [0.2, 0.25) is 0 Å². The Morgan fingerprint density at radius 2 is 1.30 bits per heavy atom. The quantitative estimate of drug-likeness (QED) is 0.174. The lowest BCUT2D eigenvalue weighted by Crippen LogP contribution is -2.42. The van der Waals surface area contributed by atoms with Crippen molar-refractivity contribution in [3.05, 3.63) is 145 Å². The molecule has 10 rings (SSSR count). The standard InChI is InChI=1S/C45H36N4O/c1-27(2)45(28(3)4)37-16-10-15-35-34-22-20-31(25-41(34)49(42(35)37)44-38(45)17-11-23-46-44)50-30-19-21-32-33-14-8-9-18-40(33)48-26-39(29-12-6-5-7-13-29)47-43(48)36(32)24-30/h5-28H,1-4H3. The number of para-hydroxylation sites is 2. The first kappa shape index (κ1) is 29.0. The Morgan fingerprint density at radius 3 is 2.12 bits per heavy atom. The SMILES string of the molecule is CC(C)C1(C(C)C)c2cccnc2-n2c3cc(Oc4ccc5c6ccccc6n6cc(-c7ccccc7)nc6c5c4)ccc3c3cccc1c32. The zero-order valence-corrected chi connectivity index (χ0v) is 28.6. The molecule has 5 heteroatoms. The van der Waals surface area contributed by atoms with E-state index < -0.39 is 0 Å². The van der Waals surface area contributed by atoms with E-state index in [1.54, 1.807) is 0 Å². The van der Waals surface area contributed by atoms with Crippen molar-refractivity contribution in [2.75, 3.05) is 0 Å². The normalized spacial score (nSPS) is 13.7. The fourth-order valence-corrected chi connectivity index (χ4v) is 9.17. The average Bonchev–Trinajstić information content (AvgIpc) is 3.74. The highest BCUT2D eigenvalue weighted by molar-refractivity contribution is 6.13. The lowest BCUT2D eigenvalue weighted by Gasteiger charge is -2.46. The zero-order chi connectivity index (χ0) is 33.7. The van der Waals surface area contributed by atoms with Gasteiger partial charge in [0.15, 0.2) is 0 Å². The van der Waals surface area contributed by atoms with Gasteiger partial charge < -0.3 is 4.74 Å². The summed E-state index contributed by atoms with van der Waals surface area (Å²) in [6, 6.07) is 43.0. The lowest BCUT2D eigenvalue weighted by molar-refractivity contribution is 0.271. The van der Waals surface area contributed by atoms with Gasteiger partial charge in [0.1, 0.15) is 23.0 Å². The first-order valence-electron chi connectivity index (χ1n) is 17.6. The van der Waals surface area contributed by atoms with Crippen LogP contribution in [0.5, 0.6) is 11.5 Å². The molecule has 9 aromatic rings. The molecule has 0 spiro atoms. The van der Waals surface area contributed by atoms with Crippen molar-refractivity contribution in [2.45, 2.75) is 33.1 Å². The van der Waals surface area contributed by atoms with Crippen molar-refractivity contribution >= 4 is 49.1 Å². The highest BCUT2D eigenvalue weighted by atomic mass is 16.5. The topological polar surface area (TPSA) is 44.4 Å². The molecule has 0 saturated heterocycles. The Kier molecular flexibility index (Phi) is 6.11. The molecular formula is C45H36N4O. The molecule has 0 radical (unpaired) electrons. The van der Waals surface area contributed by atoms with Gasteiger partial charge in [0.25, 0.3) is 0 Å². The zero-order valence-electron chi connectivity index (χ0n) is 28.6. The van der Waals surface area contributed by atoms with Crippen molar-refractivity contribution in [1.82, 2.24) is 18.9 Å². The van der Waals surface area contributed by atoms with Crippen LogP contribution in [0.25, 0.3) is 66.2 Å². The number of fused-ring (bicyclic) bond motifs is 11. The van der Waals surface area contributed by atoms with Gasteiger partial charge in [-0.1, -0.05) is 100 Å². The van der Waals surface area contributed by atoms with Crippen LogP contribution in [0.3, 0.4) is 0 Å². The first-order chi connectivity index (χ1) is 24.4. The van der Waals surface area contributed by atoms with E-state index in [0.29, 0.717) is 11.8 Å². The van der Waals surface area contributed by atoms with Crippen LogP contribution < -0.4 is 4.74 Å². The highest BCUT2D eigenvalue weighted by Crippen LogP contribution is 2.54. The summed E-state index contributed by atoms with van der Waals surface area (Å²) in [5, 5.41) is 5.83. The predicted octanol–water partition coefficient (Wildman–Crippen LogP) is 11.5. The number of hydrogen-bond acceptors (Lipinski definition) is 3. The summed E-state index contributed by atoms with van der Waals surface area (Å²) in [5.74, 6) is 3.34. The molecule has 0 amide bonds. The summed E-state index contributed by atoms with van der Waals surface area (Å²) >= 11 is 0. The predicted molar refractivity (Wildman–Crippen MR) is 205 cm³/mol. The second-order valence-corrected chi connectivity index (χ2v) is 14.3. The van der Waals surface area contributed by atoms with E-state index in [-0.39, 0.29) is 5.41 Å². The van der Waals surface area contributed by atoms with Crippen LogP contribution in [0.2, 0.25) is 0 Å². The maximum atomic E-state index is 6.73. The molecule has 50 heavy (non-hydrogen) atoms. The minimum absolute atomic E-state index is 0.152. The van der Waals surface area contributed by atoms with Crippen molar-refractivity contribution in [2.24, 2.45) is 11.8 Å². The third-order valence-corrected chi connectivity index (χ3v) is 11.2. The second kappa shape index (κ2) is 10.5. The summed E-state index contributed by atoms with van der Waals surface area (Å²) in [6.45, 7) is 9.41. The Hall–Kier alpha value is -5.94. The largest absolute Gasteiger partial charge is 0.457 e. The van der Waals surface area contributed by atoms with Crippen molar-refractivity contribution in [1.29, 1.82) is 0 Å². The maximum Gasteiger partial charge on any atom is 0.146 e. The van der Waals surface area contributed by atoms with Crippen LogP contribution in [0, 0.1) is 11.8 Å². The number of pyridine rings is 2. The van der Waals surface area contributed by atoms with Gasteiger partial charge >= 0.3 is 0 Å². The van der Waals surface area contributed by atoms with Crippen molar-refractivity contribution in [3.8, 4) is 28.6 Å². The Balaban J connectivity index is 1.16. The molecule has 0 atom stereocenters. The number of rotatable bonds is 5. The number of ether oxygens (including phenoxy) is 1. The molecule has 0 unspecified atom stereocenters. The van der Waals surface area contributed by atoms with Gasteiger partial charge in [-0.25, -0.2) is 9.97 Å². The molecule has 1 aliphatic rings. The van der Waals surface area contributed by atoms with E-state index in [1.807, 2.05) is 12.3 Å². The first-order valence-corrected chi connectivity index (χ1v) is 17.6. The average molecular weight is 649 g/mol. The van der Waals surface area contributed by atoms with Gasteiger partial charge in [0, 0.05) is 56.5 Å². The smallest absolute Gasteiger partial charge is 0.146 e. The monoisotopic (exact) mass is 648 g/mol. The van der Waals surface area contributed by atoms with Crippen LogP contribution in [0.15, 0.2) is 134 Å². The molecule has 4 aromatic heterocycles. The molecule has 0 N–H and O–H groups in total. The molecule has 0 fully saturated rings. The van der Waals surface area contributed by atoms with Crippen LogP contribution in [0.4, 0.5) is 0 Å². The fraction of sp³-hybridized carbons (Fsp3) is 0.156. The van der Waals surface area contributed by atoms with Gasteiger partial charge in [-0.3, -0.25) is 8.97 Å². The van der Waals surface area contributed by atoms with Gasteiger partial charge in [-0.05, 0) is 65.3 Å². The third-order valence-electron chi connectivity index (χ3n) is 11.2. The van der Waals surface area contributed by atoms with Gasteiger partial charge in [-0.2, -0.15) is 0 Å². The summed E-state index contributed by atoms with van der Waals surface area (Å²) in [7, 11) is 0. The third kappa shape index (κ3) is 3.83. The molecule has 242 valence electrons. The van der Waals surface area contributed by atoms with Gasteiger partial charge in [-0.15, -0.1) is 0 Å².